The minimum absolute atomic E-state index is 0.189. The molecule has 2 aromatic rings. The second kappa shape index (κ2) is 7.35. The van der Waals surface area contributed by atoms with Crippen molar-refractivity contribution in [2.45, 2.75) is 6.92 Å². The fourth-order valence-electron chi connectivity index (χ4n) is 2.16. The summed E-state index contributed by atoms with van der Waals surface area (Å²) in [5, 5.41) is 0.316. The molecular formula is C16H15ClINO4. The Labute approximate surface area is 153 Å². The molecule has 0 N–H and O–H groups in total. The van der Waals surface area contributed by atoms with Gasteiger partial charge in [-0.1, -0.05) is 11.6 Å². The number of halogens is 2. The Morgan fingerprint density at radius 1 is 1.13 bits per heavy atom. The van der Waals surface area contributed by atoms with E-state index in [-0.39, 0.29) is 17.2 Å². The Morgan fingerprint density at radius 3 is 2.30 bits per heavy atom. The largest absolute Gasteiger partial charge is 0.493 e. The molecule has 1 aromatic carbocycles. The number of pyridine rings is 1. The third kappa shape index (κ3) is 3.37. The molecule has 0 aliphatic heterocycles. The molecule has 0 saturated carbocycles. The van der Waals surface area contributed by atoms with E-state index in [9.17, 15) is 4.79 Å². The van der Waals surface area contributed by atoms with Gasteiger partial charge in [0.05, 0.1) is 29.9 Å². The van der Waals surface area contributed by atoms with Gasteiger partial charge in [-0.15, -0.1) is 0 Å². The van der Waals surface area contributed by atoms with E-state index in [1.54, 1.807) is 25.4 Å². The van der Waals surface area contributed by atoms with E-state index in [0.717, 1.165) is 5.56 Å². The van der Waals surface area contributed by atoms with Crippen molar-refractivity contribution >= 4 is 40.0 Å². The zero-order valence-electron chi connectivity index (χ0n) is 13.1. The monoisotopic (exact) mass is 447 g/mol. The summed E-state index contributed by atoms with van der Waals surface area (Å²) in [5.74, 6) is 0.932. The van der Waals surface area contributed by atoms with Crippen LogP contribution in [0.5, 0.6) is 17.4 Å². The minimum Gasteiger partial charge on any atom is -0.493 e. The molecule has 0 atom stereocenters. The van der Waals surface area contributed by atoms with Crippen molar-refractivity contribution in [3.05, 3.63) is 43.6 Å². The third-order valence-electron chi connectivity index (χ3n) is 3.33. The van der Waals surface area contributed by atoms with E-state index in [0.29, 0.717) is 25.7 Å². The van der Waals surface area contributed by atoms with Crippen molar-refractivity contribution in [3.8, 4) is 17.4 Å². The van der Waals surface area contributed by atoms with Crippen LogP contribution in [0, 0.1) is 10.5 Å². The van der Waals surface area contributed by atoms with Gasteiger partial charge in [-0.25, -0.2) is 4.98 Å². The molecule has 1 heterocycles. The number of ketones is 1. The maximum Gasteiger partial charge on any atom is 0.226 e. The molecule has 0 aliphatic rings. The maximum atomic E-state index is 13.0. The van der Waals surface area contributed by atoms with Gasteiger partial charge in [0.15, 0.2) is 17.3 Å². The number of ether oxygens (including phenoxy) is 3. The summed E-state index contributed by atoms with van der Waals surface area (Å²) in [7, 11) is 4.51. The average Bonchev–Trinajstić information content (AvgIpc) is 2.56. The fraction of sp³-hybridized carbons (Fsp3) is 0.250. The van der Waals surface area contributed by atoms with E-state index in [1.165, 1.54) is 14.2 Å². The van der Waals surface area contributed by atoms with E-state index in [4.69, 9.17) is 25.8 Å². The molecule has 0 bridgehead atoms. The lowest BCUT2D eigenvalue weighted by Crippen LogP contribution is -2.09. The number of carbonyl (C=O) groups excluding carboxylic acids is 1. The summed E-state index contributed by atoms with van der Waals surface area (Å²) < 4.78 is 16.4. The van der Waals surface area contributed by atoms with Gasteiger partial charge in [-0.3, -0.25) is 4.79 Å². The van der Waals surface area contributed by atoms with Gasteiger partial charge in [0, 0.05) is 11.8 Å². The van der Waals surface area contributed by atoms with Crippen LogP contribution in [0.15, 0.2) is 18.3 Å². The molecule has 0 fully saturated rings. The number of aromatic nitrogens is 1. The first-order chi connectivity index (χ1) is 10.9. The number of benzene rings is 1. The summed E-state index contributed by atoms with van der Waals surface area (Å²) in [5.41, 5.74) is 1.42. The molecule has 23 heavy (non-hydrogen) atoms. The molecule has 5 nitrogen and oxygen atoms in total. The van der Waals surface area contributed by atoms with E-state index in [2.05, 4.69) is 4.98 Å². The summed E-state index contributed by atoms with van der Waals surface area (Å²) in [6, 6.07) is 3.37. The first kappa shape index (κ1) is 17.8. The number of hydrogen-bond acceptors (Lipinski definition) is 5. The van der Waals surface area contributed by atoms with Crippen LogP contribution in [0.3, 0.4) is 0 Å². The van der Waals surface area contributed by atoms with Crippen molar-refractivity contribution in [2.24, 2.45) is 0 Å². The highest BCUT2D eigenvalue weighted by atomic mass is 127. The molecule has 122 valence electrons. The first-order valence-electron chi connectivity index (χ1n) is 6.59. The first-order valence-corrected chi connectivity index (χ1v) is 8.05. The number of methoxy groups -OCH3 is 3. The summed E-state index contributed by atoms with van der Waals surface area (Å²) >= 11 is 8.33. The Bertz CT molecular complexity index is 764. The van der Waals surface area contributed by atoms with Crippen LogP contribution in [-0.4, -0.2) is 32.1 Å². The van der Waals surface area contributed by atoms with E-state index >= 15 is 0 Å². The second-order valence-corrected chi connectivity index (χ2v) is 6.20. The highest BCUT2D eigenvalue weighted by molar-refractivity contribution is 14.1. The molecule has 0 saturated heterocycles. The van der Waals surface area contributed by atoms with Crippen LogP contribution in [0.25, 0.3) is 0 Å². The number of hydrogen-bond donors (Lipinski definition) is 0. The van der Waals surface area contributed by atoms with Gasteiger partial charge in [-0.2, -0.15) is 0 Å². The Kier molecular flexibility index (Phi) is 5.69. The molecule has 0 spiro atoms. The van der Waals surface area contributed by atoms with Crippen LogP contribution in [0.4, 0.5) is 0 Å². The van der Waals surface area contributed by atoms with Crippen molar-refractivity contribution in [2.75, 3.05) is 21.3 Å². The lowest BCUT2D eigenvalue weighted by atomic mass is 9.99. The van der Waals surface area contributed by atoms with E-state index in [1.807, 2.05) is 29.5 Å². The zero-order valence-corrected chi connectivity index (χ0v) is 16.0. The van der Waals surface area contributed by atoms with Gasteiger partial charge < -0.3 is 14.2 Å². The number of rotatable bonds is 5. The number of aryl methyl sites for hydroxylation is 1. The molecule has 0 radical (unpaired) electrons. The van der Waals surface area contributed by atoms with Gasteiger partial charge in [0.2, 0.25) is 5.88 Å². The van der Waals surface area contributed by atoms with Gasteiger partial charge >= 0.3 is 0 Å². The van der Waals surface area contributed by atoms with Gasteiger partial charge in [0.25, 0.3) is 0 Å². The molecular weight excluding hydrogens is 433 g/mol. The van der Waals surface area contributed by atoms with Crippen molar-refractivity contribution in [1.29, 1.82) is 0 Å². The average molecular weight is 448 g/mol. The van der Waals surface area contributed by atoms with Gasteiger partial charge in [0.1, 0.15) is 5.56 Å². The minimum atomic E-state index is -0.281. The van der Waals surface area contributed by atoms with Gasteiger partial charge in [-0.05, 0) is 47.2 Å². The van der Waals surface area contributed by atoms with Crippen LogP contribution in [0.1, 0.15) is 21.5 Å². The SMILES string of the molecule is COc1cc(C)c(C(=O)c2c(OC)ncc(I)c2Cl)cc1OC. The van der Waals surface area contributed by atoms with Crippen LogP contribution < -0.4 is 14.2 Å². The molecule has 0 aliphatic carbocycles. The highest BCUT2D eigenvalue weighted by Gasteiger charge is 2.24. The lowest BCUT2D eigenvalue weighted by molar-refractivity contribution is 0.103. The van der Waals surface area contributed by atoms with Crippen LogP contribution >= 0.6 is 34.2 Å². The van der Waals surface area contributed by atoms with Crippen molar-refractivity contribution < 1.29 is 19.0 Å². The van der Waals surface area contributed by atoms with Crippen LogP contribution in [-0.2, 0) is 0 Å². The quantitative estimate of drug-likeness (QED) is 0.514. The predicted molar refractivity (Wildman–Crippen MR) is 96.2 cm³/mol. The smallest absolute Gasteiger partial charge is 0.226 e. The fourth-order valence-corrected chi connectivity index (χ4v) is 2.79. The number of carbonyl (C=O) groups is 1. The third-order valence-corrected chi connectivity index (χ3v) is 4.86. The zero-order chi connectivity index (χ0) is 17.1. The molecule has 0 unspecified atom stereocenters. The van der Waals surface area contributed by atoms with Crippen molar-refractivity contribution in [1.82, 2.24) is 4.98 Å². The lowest BCUT2D eigenvalue weighted by Gasteiger charge is -2.14. The normalized spacial score (nSPS) is 10.3. The standard InChI is InChI=1S/C16H15ClINO4/c1-8-5-11(21-2)12(22-3)6-9(8)15(20)13-14(17)10(18)7-19-16(13)23-4/h5-7H,1-4H3. The Morgan fingerprint density at radius 2 is 1.74 bits per heavy atom. The van der Waals surface area contributed by atoms with Crippen LogP contribution in [0.2, 0.25) is 5.02 Å². The Balaban J connectivity index is 2.64. The highest BCUT2D eigenvalue weighted by Crippen LogP contribution is 2.35. The predicted octanol–water partition coefficient (Wildman–Crippen LogP) is 3.90. The van der Waals surface area contributed by atoms with Crippen molar-refractivity contribution in [3.63, 3.8) is 0 Å². The maximum absolute atomic E-state index is 13.0. The second-order valence-electron chi connectivity index (χ2n) is 4.66. The number of nitrogens with zero attached hydrogens (tertiary/aromatic N) is 1. The molecule has 1 aromatic heterocycles. The summed E-state index contributed by atoms with van der Waals surface area (Å²) in [6.07, 6.45) is 1.56. The summed E-state index contributed by atoms with van der Waals surface area (Å²) in [4.78, 5) is 17.1. The topological polar surface area (TPSA) is 57.7 Å². The molecule has 2 rings (SSSR count). The molecule has 0 amide bonds. The Hall–Kier alpha value is -1.54. The molecule has 7 heteroatoms. The summed E-state index contributed by atoms with van der Waals surface area (Å²) in [6.45, 7) is 1.82. The van der Waals surface area contributed by atoms with E-state index < -0.39 is 0 Å².